The van der Waals surface area contributed by atoms with E-state index in [2.05, 4.69) is 43.5 Å². The molecule has 0 aliphatic carbocycles. The van der Waals surface area contributed by atoms with Crippen molar-refractivity contribution in [2.75, 3.05) is 19.8 Å². The van der Waals surface area contributed by atoms with Gasteiger partial charge in [0, 0.05) is 12.8 Å². The third-order valence-corrected chi connectivity index (χ3v) is 13.7. The van der Waals surface area contributed by atoms with Crippen LogP contribution in [0.1, 0.15) is 264 Å². The van der Waals surface area contributed by atoms with Gasteiger partial charge in [-0.1, -0.05) is 217 Å². The maximum absolute atomic E-state index is 13.0. The summed E-state index contributed by atoms with van der Waals surface area (Å²) in [6.45, 7) is 4.26. The van der Waals surface area contributed by atoms with Gasteiger partial charge in [-0.25, -0.2) is 0 Å². The van der Waals surface area contributed by atoms with E-state index < -0.39 is 49.5 Å². The van der Waals surface area contributed by atoms with Crippen LogP contribution in [0.5, 0.6) is 0 Å². The minimum atomic E-state index is -1.58. The molecule has 1 rings (SSSR count). The van der Waals surface area contributed by atoms with Crippen LogP contribution in [0.2, 0.25) is 0 Å². The van der Waals surface area contributed by atoms with Crippen molar-refractivity contribution in [3.8, 4) is 0 Å². The predicted molar refractivity (Wildman–Crippen MR) is 287 cm³/mol. The summed E-state index contributed by atoms with van der Waals surface area (Å²) in [5.74, 6) is -0.205. The van der Waals surface area contributed by atoms with E-state index in [4.69, 9.17) is 14.2 Å². The molecule has 1 aliphatic rings. The Labute approximate surface area is 428 Å². The molecule has 1 heterocycles. The standard InChI is InChI=1S/C59H109NO10/c1-3-5-7-9-11-13-26-31-35-39-43-47-55(64)68-48-44-40-36-32-28-25-23-21-19-17-15-14-16-18-20-22-24-27-30-34-38-42-46-54(63)60-51(52(62)45-41-37-33-29-12-10-8-6-4-2)50-69-59-58(67)57(66)56(65)53(49-61)70-59/h12,16,18,29,41,45,51-53,56-59,61-62,65-67H,3-11,13-15,17,19-28,30-40,42-44,46-50H2,1-2H3,(H,60,63)/b18-16-,29-12+,45-41+. The molecule has 410 valence electrons. The van der Waals surface area contributed by atoms with E-state index in [1.54, 1.807) is 6.08 Å². The minimum absolute atomic E-state index is 0.00372. The number of unbranched alkanes of at least 4 members (excludes halogenated alkanes) is 32. The van der Waals surface area contributed by atoms with Crippen molar-refractivity contribution in [2.24, 2.45) is 0 Å². The molecule has 11 heteroatoms. The highest BCUT2D eigenvalue weighted by Crippen LogP contribution is 2.23. The SMILES string of the molecule is CCCCC/C=C/CC/C=C/C(O)C(COC1OC(CO)C(O)C(O)C1O)NC(=O)CCCCCCCCC/C=C\CCCCCCCCCCCCCOC(=O)CCCCCCCCCCCCC. The van der Waals surface area contributed by atoms with Gasteiger partial charge < -0.3 is 45.1 Å². The zero-order valence-electron chi connectivity index (χ0n) is 45.0. The second-order valence-electron chi connectivity index (χ2n) is 20.3. The van der Waals surface area contributed by atoms with Gasteiger partial charge in [-0.3, -0.25) is 9.59 Å². The van der Waals surface area contributed by atoms with Crippen LogP contribution in [0.25, 0.3) is 0 Å². The molecule has 0 saturated carbocycles. The molecule has 6 N–H and O–H groups in total. The van der Waals surface area contributed by atoms with Crippen LogP contribution in [-0.4, -0.2) is 100 Å². The van der Waals surface area contributed by atoms with Gasteiger partial charge >= 0.3 is 5.97 Å². The first-order valence-corrected chi connectivity index (χ1v) is 29.3. The van der Waals surface area contributed by atoms with E-state index in [1.807, 2.05) is 6.08 Å². The lowest BCUT2D eigenvalue weighted by molar-refractivity contribution is -0.302. The number of carbonyl (C=O) groups excluding carboxylic acids is 2. The number of nitrogens with one attached hydrogen (secondary N) is 1. The molecule has 0 bridgehead atoms. The van der Waals surface area contributed by atoms with Crippen LogP contribution in [0.3, 0.4) is 0 Å². The van der Waals surface area contributed by atoms with Gasteiger partial charge in [-0.05, 0) is 70.6 Å². The first-order valence-electron chi connectivity index (χ1n) is 29.3. The predicted octanol–water partition coefficient (Wildman–Crippen LogP) is 13.1. The quantitative estimate of drug-likeness (QED) is 0.0195. The number of aliphatic hydroxyl groups is 5. The first kappa shape index (κ1) is 65.9. The summed E-state index contributed by atoms with van der Waals surface area (Å²) in [4.78, 5) is 25.0. The fourth-order valence-electron chi connectivity index (χ4n) is 9.03. The number of carbonyl (C=O) groups is 2. The number of allylic oxidation sites excluding steroid dienone is 5. The Kier molecular flexibility index (Phi) is 46.2. The average molecular weight is 993 g/mol. The maximum atomic E-state index is 13.0. The molecule has 0 aromatic rings. The lowest BCUT2D eigenvalue weighted by Crippen LogP contribution is -2.60. The molecule has 7 unspecified atom stereocenters. The number of amides is 1. The molecular formula is C59H109NO10. The number of esters is 1. The highest BCUT2D eigenvalue weighted by molar-refractivity contribution is 5.76. The summed E-state index contributed by atoms with van der Waals surface area (Å²) in [6, 6.07) is -0.831. The Balaban J connectivity index is 2.04. The largest absolute Gasteiger partial charge is 0.466 e. The Bertz CT molecular complexity index is 1260. The average Bonchev–Trinajstić information content (AvgIpc) is 3.36. The molecule has 0 aromatic carbocycles. The second kappa shape index (κ2) is 49.1. The summed E-state index contributed by atoms with van der Waals surface area (Å²) in [7, 11) is 0. The maximum Gasteiger partial charge on any atom is 0.305 e. The topological polar surface area (TPSA) is 175 Å². The third-order valence-electron chi connectivity index (χ3n) is 13.7. The monoisotopic (exact) mass is 992 g/mol. The molecular weight excluding hydrogens is 883 g/mol. The van der Waals surface area contributed by atoms with Gasteiger partial charge in [0.25, 0.3) is 0 Å². The molecule has 0 spiro atoms. The van der Waals surface area contributed by atoms with Crippen molar-refractivity contribution in [1.29, 1.82) is 0 Å². The summed E-state index contributed by atoms with van der Waals surface area (Å²) >= 11 is 0. The smallest absolute Gasteiger partial charge is 0.305 e. The molecule has 1 aliphatic heterocycles. The van der Waals surface area contributed by atoms with Crippen LogP contribution in [0.15, 0.2) is 36.5 Å². The van der Waals surface area contributed by atoms with Crippen molar-refractivity contribution >= 4 is 11.9 Å². The number of ether oxygens (including phenoxy) is 3. The van der Waals surface area contributed by atoms with Gasteiger partial charge in [-0.15, -0.1) is 0 Å². The summed E-state index contributed by atoms with van der Waals surface area (Å²) in [6.07, 6.45) is 49.7. The van der Waals surface area contributed by atoms with E-state index in [9.17, 15) is 35.1 Å². The Morgan fingerprint density at radius 1 is 0.514 bits per heavy atom. The molecule has 0 radical (unpaired) electrons. The van der Waals surface area contributed by atoms with Crippen molar-refractivity contribution in [2.45, 2.75) is 307 Å². The fraction of sp³-hybridized carbons (Fsp3) is 0.864. The normalized spacial score (nSPS) is 19.4. The fourth-order valence-corrected chi connectivity index (χ4v) is 9.03. The van der Waals surface area contributed by atoms with Gasteiger partial charge in [0.1, 0.15) is 24.4 Å². The van der Waals surface area contributed by atoms with E-state index in [0.29, 0.717) is 19.4 Å². The molecule has 1 amide bonds. The number of hydrogen-bond acceptors (Lipinski definition) is 10. The van der Waals surface area contributed by atoms with Crippen LogP contribution in [0, 0.1) is 0 Å². The Morgan fingerprint density at radius 3 is 1.44 bits per heavy atom. The zero-order chi connectivity index (χ0) is 51.0. The van der Waals surface area contributed by atoms with E-state index >= 15 is 0 Å². The molecule has 0 aromatic heterocycles. The van der Waals surface area contributed by atoms with E-state index in [0.717, 1.165) is 77.0 Å². The first-order chi connectivity index (χ1) is 34.2. The lowest BCUT2D eigenvalue weighted by Gasteiger charge is -2.40. The van der Waals surface area contributed by atoms with Crippen molar-refractivity contribution in [3.05, 3.63) is 36.5 Å². The molecule has 7 atom stereocenters. The van der Waals surface area contributed by atoms with Crippen molar-refractivity contribution in [1.82, 2.24) is 5.32 Å². The van der Waals surface area contributed by atoms with Crippen molar-refractivity contribution in [3.63, 3.8) is 0 Å². The number of aliphatic hydroxyl groups excluding tert-OH is 5. The van der Waals surface area contributed by atoms with Crippen LogP contribution < -0.4 is 5.32 Å². The molecule has 70 heavy (non-hydrogen) atoms. The van der Waals surface area contributed by atoms with Gasteiger partial charge in [0.15, 0.2) is 6.29 Å². The number of hydrogen-bond donors (Lipinski definition) is 6. The van der Waals surface area contributed by atoms with E-state index in [1.165, 1.54) is 161 Å². The number of rotatable bonds is 50. The highest BCUT2D eigenvalue weighted by Gasteiger charge is 2.44. The van der Waals surface area contributed by atoms with E-state index in [-0.39, 0.29) is 18.5 Å². The summed E-state index contributed by atoms with van der Waals surface area (Å²) in [5.41, 5.74) is 0. The van der Waals surface area contributed by atoms with Gasteiger partial charge in [0.2, 0.25) is 5.91 Å². The molecule has 11 nitrogen and oxygen atoms in total. The van der Waals surface area contributed by atoms with Crippen LogP contribution >= 0.6 is 0 Å². The van der Waals surface area contributed by atoms with Crippen LogP contribution in [-0.2, 0) is 23.8 Å². The minimum Gasteiger partial charge on any atom is -0.466 e. The van der Waals surface area contributed by atoms with Crippen molar-refractivity contribution < 1.29 is 49.3 Å². The van der Waals surface area contributed by atoms with Crippen LogP contribution in [0.4, 0.5) is 0 Å². The summed E-state index contributed by atoms with van der Waals surface area (Å²) < 4.78 is 16.6. The lowest BCUT2D eigenvalue weighted by atomic mass is 9.99. The zero-order valence-corrected chi connectivity index (χ0v) is 45.0. The highest BCUT2D eigenvalue weighted by atomic mass is 16.7. The van der Waals surface area contributed by atoms with Gasteiger partial charge in [-0.2, -0.15) is 0 Å². The van der Waals surface area contributed by atoms with Gasteiger partial charge in [0.05, 0.1) is 32.0 Å². The Morgan fingerprint density at radius 2 is 0.929 bits per heavy atom. The third kappa shape index (κ3) is 38.5. The molecule has 1 saturated heterocycles. The summed E-state index contributed by atoms with van der Waals surface area (Å²) in [5, 5.41) is 54.1. The second-order valence-corrected chi connectivity index (χ2v) is 20.3. The molecule has 1 fully saturated rings. The Hall–Kier alpha value is -2.12.